The molecule has 0 aliphatic carbocycles. The van der Waals surface area contributed by atoms with Gasteiger partial charge in [0.25, 0.3) is 0 Å². The van der Waals surface area contributed by atoms with Crippen LogP contribution in [0, 0.1) is 0 Å². The molecule has 0 fully saturated rings. The van der Waals surface area contributed by atoms with E-state index in [1.54, 1.807) is 20.3 Å². The first-order valence-electron chi connectivity index (χ1n) is 8.19. The van der Waals surface area contributed by atoms with Crippen LogP contribution in [-0.2, 0) is 6.54 Å². The molecule has 2 aromatic rings. The van der Waals surface area contributed by atoms with Crippen LogP contribution in [0.15, 0.2) is 47.5 Å². The Morgan fingerprint density at radius 1 is 1.12 bits per heavy atom. The first kappa shape index (κ1) is 19.7. The lowest BCUT2D eigenvalue weighted by Gasteiger charge is -2.16. The Morgan fingerprint density at radius 3 is 2.54 bits per heavy atom. The number of para-hydroxylation sites is 1. The van der Waals surface area contributed by atoms with E-state index in [4.69, 9.17) is 31.5 Å². The zero-order valence-corrected chi connectivity index (χ0v) is 15.9. The van der Waals surface area contributed by atoms with E-state index in [0.717, 1.165) is 5.56 Å². The molecule has 0 spiro atoms. The smallest absolute Gasteiger partial charge is 0.189 e. The number of methoxy groups -OCH3 is 2. The van der Waals surface area contributed by atoms with Gasteiger partial charge in [-0.3, -0.25) is 0 Å². The zero-order valence-electron chi connectivity index (χ0n) is 15.2. The maximum Gasteiger partial charge on any atom is 0.189 e. The molecule has 0 heterocycles. The molecule has 0 aliphatic heterocycles. The van der Waals surface area contributed by atoms with E-state index in [1.807, 2.05) is 43.3 Å². The summed E-state index contributed by atoms with van der Waals surface area (Å²) < 4.78 is 16.3. The lowest BCUT2D eigenvalue weighted by atomic mass is 10.2. The number of nitrogens with one attached hydrogen (secondary N) is 1. The van der Waals surface area contributed by atoms with Gasteiger partial charge in [-0.15, -0.1) is 0 Å². The Labute approximate surface area is 158 Å². The van der Waals surface area contributed by atoms with Crippen molar-refractivity contribution in [3.8, 4) is 17.2 Å². The van der Waals surface area contributed by atoms with Crippen molar-refractivity contribution in [2.45, 2.75) is 19.6 Å². The first-order valence-corrected chi connectivity index (χ1v) is 8.57. The molecule has 0 bridgehead atoms. The average molecular weight is 378 g/mol. The Kier molecular flexibility index (Phi) is 7.41. The minimum atomic E-state index is -0.121. The van der Waals surface area contributed by atoms with Gasteiger partial charge in [0, 0.05) is 0 Å². The zero-order chi connectivity index (χ0) is 18.9. The molecule has 1 atom stereocenters. The number of guanidine groups is 1. The van der Waals surface area contributed by atoms with Crippen molar-refractivity contribution >= 4 is 17.6 Å². The fourth-order valence-corrected chi connectivity index (χ4v) is 2.44. The van der Waals surface area contributed by atoms with Crippen LogP contribution in [0.5, 0.6) is 17.2 Å². The number of aliphatic imine (C=N–C) groups is 1. The minimum absolute atomic E-state index is 0.121. The third-order valence-corrected chi connectivity index (χ3v) is 3.93. The van der Waals surface area contributed by atoms with Crippen LogP contribution in [0.2, 0.25) is 5.02 Å². The maximum absolute atomic E-state index is 6.08. The molecule has 6 nitrogen and oxygen atoms in total. The molecule has 0 saturated heterocycles. The molecular formula is C19H24ClN3O3. The summed E-state index contributed by atoms with van der Waals surface area (Å²) in [7, 11) is 3.20. The van der Waals surface area contributed by atoms with Crippen LogP contribution in [0.3, 0.4) is 0 Å². The molecule has 2 rings (SSSR count). The highest BCUT2D eigenvalue weighted by Gasteiger charge is 2.08. The van der Waals surface area contributed by atoms with Crippen molar-refractivity contribution in [3.63, 3.8) is 0 Å². The Bertz CT molecular complexity index is 753. The van der Waals surface area contributed by atoms with Gasteiger partial charge in [-0.25, -0.2) is 4.99 Å². The number of nitrogens with two attached hydrogens (primary N) is 1. The Hall–Kier alpha value is -2.60. The summed E-state index contributed by atoms with van der Waals surface area (Å²) in [6.07, 6.45) is -0.121. The highest BCUT2D eigenvalue weighted by Crippen LogP contribution is 2.27. The summed E-state index contributed by atoms with van der Waals surface area (Å²) in [5.74, 6) is 2.32. The number of rotatable bonds is 8. The van der Waals surface area contributed by atoms with Gasteiger partial charge in [-0.1, -0.05) is 29.8 Å². The standard InChI is InChI=1S/C19H24ClN3O3/c1-13(26-16-7-5-4-6-15(16)20)11-22-19(21)23-12-14-8-9-17(24-2)18(10-14)25-3/h4-10,13H,11-12H2,1-3H3,(H3,21,22,23). The van der Waals surface area contributed by atoms with Crippen LogP contribution in [-0.4, -0.2) is 32.8 Å². The summed E-state index contributed by atoms with van der Waals surface area (Å²) >= 11 is 6.08. The fraction of sp³-hybridized carbons (Fsp3) is 0.316. The quantitative estimate of drug-likeness (QED) is 0.545. The minimum Gasteiger partial charge on any atom is -0.493 e. The molecule has 1 unspecified atom stereocenters. The second-order valence-corrected chi connectivity index (χ2v) is 6.04. The van der Waals surface area contributed by atoms with Gasteiger partial charge < -0.3 is 25.3 Å². The van der Waals surface area contributed by atoms with Crippen LogP contribution in [0.4, 0.5) is 0 Å². The van der Waals surface area contributed by atoms with Crippen molar-refractivity contribution in [1.29, 1.82) is 0 Å². The van der Waals surface area contributed by atoms with Crippen molar-refractivity contribution in [2.24, 2.45) is 10.7 Å². The van der Waals surface area contributed by atoms with Crippen LogP contribution >= 0.6 is 11.6 Å². The van der Waals surface area contributed by atoms with E-state index in [1.165, 1.54) is 0 Å². The van der Waals surface area contributed by atoms with Crippen LogP contribution < -0.4 is 25.3 Å². The van der Waals surface area contributed by atoms with Crippen molar-refractivity contribution < 1.29 is 14.2 Å². The fourth-order valence-electron chi connectivity index (χ4n) is 2.26. The average Bonchev–Trinajstić information content (AvgIpc) is 2.66. The highest BCUT2D eigenvalue weighted by atomic mass is 35.5. The number of benzene rings is 2. The molecular weight excluding hydrogens is 354 g/mol. The first-order chi connectivity index (χ1) is 12.5. The highest BCUT2D eigenvalue weighted by molar-refractivity contribution is 6.32. The maximum atomic E-state index is 6.08. The molecule has 7 heteroatoms. The molecule has 0 aromatic heterocycles. The third-order valence-electron chi connectivity index (χ3n) is 3.62. The predicted octanol–water partition coefficient (Wildman–Crippen LogP) is 3.23. The molecule has 2 aromatic carbocycles. The molecule has 0 saturated carbocycles. The molecule has 140 valence electrons. The van der Waals surface area contributed by atoms with E-state index in [0.29, 0.717) is 41.3 Å². The van der Waals surface area contributed by atoms with Crippen LogP contribution in [0.25, 0.3) is 0 Å². The molecule has 26 heavy (non-hydrogen) atoms. The van der Waals surface area contributed by atoms with Gasteiger partial charge in [0.15, 0.2) is 17.5 Å². The van der Waals surface area contributed by atoms with Gasteiger partial charge in [0.2, 0.25) is 0 Å². The van der Waals surface area contributed by atoms with E-state index in [-0.39, 0.29) is 6.10 Å². The predicted molar refractivity (Wildman–Crippen MR) is 104 cm³/mol. The summed E-state index contributed by atoms with van der Waals surface area (Å²) in [5.41, 5.74) is 6.89. The van der Waals surface area contributed by atoms with Crippen molar-refractivity contribution in [1.82, 2.24) is 5.32 Å². The lowest BCUT2D eigenvalue weighted by Crippen LogP contribution is -2.38. The SMILES string of the molecule is COc1ccc(CN=C(N)NCC(C)Oc2ccccc2Cl)cc1OC. The number of ether oxygens (including phenoxy) is 3. The Morgan fingerprint density at radius 2 is 1.85 bits per heavy atom. The molecule has 0 radical (unpaired) electrons. The van der Waals surface area contributed by atoms with Crippen molar-refractivity contribution in [2.75, 3.05) is 20.8 Å². The summed E-state index contributed by atoms with van der Waals surface area (Å²) in [6, 6.07) is 13.0. The van der Waals surface area contributed by atoms with Gasteiger partial charge in [-0.2, -0.15) is 0 Å². The largest absolute Gasteiger partial charge is 0.493 e. The van der Waals surface area contributed by atoms with Crippen LogP contribution in [0.1, 0.15) is 12.5 Å². The monoisotopic (exact) mass is 377 g/mol. The number of hydrogen-bond donors (Lipinski definition) is 2. The van der Waals surface area contributed by atoms with Gasteiger partial charge in [-0.05, 0) is 36.8 Å². The summed E-state index contributed by atoms with van der Waals surface area (Å²) in [6.45, 7) is 2.86. The topological polar surface area (TPSA) is 78.1 Å². The third kappa shape index (κ3) is 5.74. The number of nitrogens with zero attached hydrogens (tertiary/aromatic N) is 1. The van der Waals surface area contributed by atoms with Gasteiger partial charge in [0.05, 0.1) is 32.3 Å². The Balaban J connectivity index is 1.85. The normalized spacial score (nSPS) is 12.4. The summed E-state index contributed by atoms with van der Waals surface area (Å²) in [5, 5.41) is 3.63. The second kappa shape index (κ2) is 9.77. The number of halogens is 1. The molecule has 3 N–H and O–H groups in total. The van der Waals surface area contributed by atoms with Gasteiger partial charge >= 0.3 is 0 Å². The van der Waals surface area contributed by atoms with Gasteiger partial charge in [0.1, 0.15) is 11.9 Å². The van der Waals surface area contributed by atoms with E-state index in [9.17, 15) is 0 Å². The second-order valence-electron chi connectivity index (χ2n) is 5.63. The summed E-state index contributed by atoms with van der Waals surface area (Å²) in [4.78, 5) is 4.33. The molecule has 0 aliphatic rings. The molecule has 0 amide bonds. The number of hydrogen-bond acceptors (Lipinski definition) is 4. The lowest BCUT2D eigenvalue weighted by molar-refractivity contribution is 0.224. The van der Waals surface area contributed by atoms with E-state index >= 15 is 0 Å². The van der Waals surface area contributed by atoms with E-state index in [2.05, 4.69) is 10.3 Å². The van der Waals surface area contributed by atoms with E-state index < -0.39 is 0 Å². The van der Waals surface area contributed by atoms with Crippen molar-refractivity contribution in [3.05, 3.63) is 53.1 Å².